The second-order valence-electron chi connectivity index (χ2n) is 6.97. The van der Waals surface area contributed by atoms with Crippen LogP contribution in [0.5, 0.6) is 0 Å². The van der Waals surface area contributed by atoms with E-state index in [1.165, 1.54) is 18.3 Å². The Labute approximate surface area is 166 Å². The first kappa shape index (κ1) is 20.3. The van der Waals surface area contributed by atoms with Gasteiger partial charge in [-0.3, -0.25) is 10.00 Å². The molecule has 0 fully saturated rings. The van der Waals surface area contributed by atoms with Crippen LogP contribution in [0.2, 0.25) is 0 Å². The van der Waals surface area contributed by atoms with E-state index in [0.29, 0.717) is 48.6 Å². The fraction of sp³-hybridized carbons (Fsp3) is 0.316. The number of benzene rings is 1. The van der Waals surface area contributed by atoms with E-state index in [0.717, 1.165) is 17.7 Å². The van der Waals surface area contributed by atoms with Gasteiger partial charge in [-0.1, -0.05) is 12.1 Å². The Balaban J connectivity index is 1.50. The predicted octanol–water partition coefficient (Wildman–Crippen LogP) is 4.46. The third-order valence-corrected chi connectivity index (χ3v) is 4.88. The molecule has 1 N–H and O–H groups in total. The normalized spacial score (nSPS) is 15.3. The fourth-order valence-corrected chi connectivity index (χ4v) is 3.39. The predicted molar refractivity (Wildman–Crippen MR) is 93.9 cm³/mol. The van der Waals surface area contributed by atoms with Gasteiger partial charge < -0.3 is 0 Å². The lowest BCUT2D eigenvalue weighted by atomic mass is 10.0. The lowest BCUT2D eigenvalue weighted by Crippen LogP contribution is -2.31. The highest BCUT2D eigenvalue weighted by atomic mass is 19.4. The number of hydrogen-bond acceptors (Lipinski definition) is 4. The number of aromatic nitrogens is 4. The molecule has 0 saturated heterocycles. The van der Waals surface area contributed by atoms with Crippen LogP contribution >= 0.6 is 0 Å². The minimum absolute atomic E-state index is 0.342. The van der Waals surface area contributed by atoms with Crippen LogP contribution in [0, 0.1) is 0 Å². The monoisotopic (exact) mass is 427 g/mol. The van der Waals surface area contributed by atoms with Gasteiger partial charge in [0.2, 0.25) is 5.82 Å². The molecule has 0 unspecified atom stereocenters. The van der Waals surface area contributed by atoms with Crippen molar-refractivity contribution in [3.8, 4) is 11.3 Å². The molecule has 4 rings (SSSR count). The summed E-state index contributed by atoms with van der Waals surface area (Å²) in [6.45, 7) is 1.28. The first-order valence-corrected chi connectivity index (χ1v) is 8.95. The van der Waals surface area contributed by atoms with Crippen LogP contribution < -0.4 is 0 Å². The number of alkyl halides is 6. The minimum Gasteiger partial charge on any atom is -0.294 e. The van der Waals surface area contributed by atoms with Crippen molar-refractivity contribution in [2.24, 2.45) is 0 Å². The molecule has 11 heteroatoms. The van der Waals surface area contributed by atoms with Crippen molar-refractivity contribution in [1.82, 2.24) is 25.1 Å². The fourth-order valence-electron chi connectivity index (χ4n) is 3.39. The number of fused-ring (bicyclic) bond motifs is 1. The maximum absolute atomic E-state index is 12.8. The van der Waals surface area contributed by atoms with E-state index in [9.17, 15) is 26.3 Å². The summed E-state index contributed by atoms with van der Waals surface area (Å²) in [5.74, 6) is -1.14. The summed E-state index contributed by atoms with van der Waals surface area (Å²) in [6.07, 6.45) is -5.87. The zero-order valence-electron chi connectivity index (χ0n) is 15.3. The SMILES string of the molecule is FC(F)(F)c1ccc(-c2[nH]ncc2CN2CCc3nc(C(F)(F)F)ncc3C2)cc1. The van der Waals surface area contributed by atoms with E-state index in [1.807, 2.05) is 4.90 Å². The van der Waals surface area contributed by atoms with E-state index in [1.54, 1.807) is 6.20 Å². The van der Waals surface area contributed by atoms with Crippen LogP contribution in [0.3, 0.4) is 0 Å². The Morgan fingerprint density at radius 3 is 2.37 bits per heavy atom. The van der Waals surface area contributed by atoms with Crippen LogP contribution in [0.4, 0.5) is 26.3 Å². The molecule has 5 nitrogen and oxygen atoms in total. The van der Waals surface area contributed by atoms with Gasteiger partial charge in [-0.05, 0) is 17.7 Å². The average molecular weight is 427 g/mol. The summed E-state index contributed by atoms with van der Waals surface area (Å²) in [5, 5.41) is 6.80. The zero-order chi connectivity index (χ0) is 21.5. The second kappa shape index (κ2) is 7.38. The Morgan fingerprint density at radius 1 is 0.967 bits per heavy atom. The quantitative estimate of drug-likeness (QED) is 0.627. The van der Waals surface area contributed by atoms with Crippen LogP contribution in [0.15, 0.2) is 36.7 Å². The van der Waals surface area contributed by atoms with Crippen LogP contribution in [0.25, 0.3) is 11.3 Å². The third kappa shape index (κ3) is 4.16. The summed E-state index contributed by atoms with van der Waals surface area (Å²) >= 11 is 0. The third-order valence-electron chi connectivity index (χ3n) is 4.88. The van der Waals surface area contributed by atoms with Gasteiger partial charge in [0.25, 0.3) is 0 Å². The van der Waals surface area contributed by atoms with Crippen LogP contribution in [0.1, 0.15) is 28.2 Å². The highest BCUT2D eigenvalue weighted by Crippen LogP contribution is 2.32. The van der Waals surface area contributed by atoms with Crippen LogP contribution in [-0.4, -0.2) is 31.6 Å². The lowest BCUT2D eigenvalue weighted by Gasteiger charge is -2.28. The molecule has 0 bridgehead atoms. The molecule has 0 radical (unpaired) electrons. The standard InChI is InChI=1S/C19H15F6N5/c20-18(21,22)14-3-1-11(2-4-14)16-13(8-27-29-16)10-30-6-5-15-12(9-30)7-26-17(28-15)19(23,24)25/h1-4,7-8H,5-6,9-10H2,(H,27,29). The first-order chi connectivity index (χ1) is 14.1. The van der Waals surface area contributed by atoms with E-state index in [2.05, 4.69) is 20.2 Å². The van der Waals surface area contributed by atoms with Gasteiger partial charge in [0.05, 0.1) is 23.1 Å². The molecule has 158 valence electrons. The van der Waals surface area contributed by atoms with Gasteiger partial charge in [-0.2, -0.15) is 31.4 Å². The average Bonchev–Trinajstić information content (AvgIpc) is 3.14. The molecule has 0 spiro atoms. The lowest BCUT2D eigenvalue weighted by molar-refractivity contribution is -0.145. The van der Waals surface area contributed by atoms with E-state index in [-0.39, 0.29) is 0 Å². The van der Waals surface area contributed by atoms with E-state index < -0.39 is 23.7 Å². The van der Waals surface area contributed by atoms with Gasteiger partial charge in [0.15, 0.2) is 0 Å². The molecule has 30 heavy (non-hydrogen) atoms. The molecule has 3 heterocycles. The molecular formula is C19H15F6N5. The van der Waals surface area contributed by atoms with Crippen molar-refractivity contribution in [2.75, 3.05) is 6.54 Å². The Kier molecular flexibility index (Phi) is 5.00. The van der Waals surface area contributed by atoms with Gasteiger partial charge in [0, 0.05) is 43.4 Å². The number of hydrogen-bond donors (Lipinski definition) is 1. The van der Waals surface area contributed by atoms with Crippen molar-refractivity contribution >= 4 is 0 Å². The number of aromatic amines is 1. The summed E-state index contributed by atoms with van der Waals surface area (Å²) in [5.41, 5.74) is 2.19. The van der Waals surface area contributed by atoms with Crippen molar-refractivity contribution in [3.63, 3.8) is 0 Å². The highest BCUT2D eigenvalue weighted by molar-refractivity contribution is 5.63. The van der Waals surface area contributed by atoms with Crippen molar-refractivity contribution in [2.45, 2.75) is 31.9 Å². The van der Waals surface area contributed by atoms with E-state index >= 15 is 0 Å². The van der Waals surface area contributed by atoms with Gasteiger partial charge in [-0.25, -0.2) is 9.97 Å². The Hall–Kier alpha value is -2.95. The smallest absolute Gasteiger partial charge is 0.294 e. The van der Waals surface area contributed by atoms with Gasteiger partial charge in [0.1, 0.15) is 0 Å². The Bertz CT molecular complexity index is 1040. The summed E-state index contributed by atoms with van der Waals surface area (Å²) in [6, 6.07) is 4.76. The molecule has 2 aromatic heterocycles. The molecular weight excluding hydrogens is 412 g/mol. The number of H-pyrrole nitrogens is 1. The van der Waals surface area contributed by atoms with Crippen molar-refractivity contribution in [3.05, 3.63) is 64.9 Å². The van der Waals surface area contributed by atoms with Gasteiger partial charge >= 0.3 is 12.4 Å². The number of nitrogens with one attached hydrogen (secondary N) is 1. The minimum atomic E-state index is -4.58. The topological polar surface area (TPSA) is 57.7 Å². The molecule has 0 saturated carbocycles. The molecule has 0 aliphatic carbocycles. The largest absolute Gasteiger partial charge is 0.451 e. The Morgan fingerprint density at radius 2 is 1.70 bits per heavy atom. The van der Waals surface area contributed by atoms with Crippen LogP contribution in [-0.2, 0) is 31.9 Å². The maximum atomic E-state index is 12.8. The summed E-state index contributed by atoms with van der Waals surface area (Å²) < 4.78 is 76.6. The molecule has 3 aromatic rings. The molecule has 0 amide bonds. The first-order valence-electron chi connectivity index (χ1n) is 8.95. The summed E-state index contributed by atoms with van der Waals surface area (Å²) in [4.78, 5) is 9.05. The zero-order valence-corrected chi connectivity index (χ0v) is 15.3. The number of nitrogens with zero attached hydrogens (tertiary/aromatic N) is 4. The number of halogens is 6. The van der Waals surface area contributed by atoms with Gasteiger partial charge in [-0.15, -0.1) is 0 Å². The number of rotatable bonds is 3. The molecule has 1 aliphatic heterocycles. The molecule has 1 aliphatic rings. The highest BCUT2D eigenvalue weighted by Gasteiger charge is 2.35. The maximum Gasteiger partial charge on any atom is 0.451 e. The van der Waals surface area contributed by atoms with E-state index in [4.69, 9.17) is 0 Å². The molecule has 1 aromatic carbocycles. The van der Waals surface area contributed by atoms with Crippen molar-refractivity contribution < 1.29 is 26.3 Å². The second-order valence-corrected chi connectivity index (χ2v) is 6.97. The van der Waals surface area contributed by atoms with Crippen molar-refractivity contribution in [1.29, 1.82) is 0 Å². The molecule has 0 atom stereocenters. The summed E-state index contributed by atoms with van der Waals surface area (Å²) in [7, 11) is 0.